The summed E-state index contributed by atoms with van der Waals surface area (Å²) in [6.07, 6.45) is 8.14. The Hall–Kier alpha value is -3.15. The molecule has 4 aliphatic rings. The molecule has 3 aliphatic carbocycles. The Kier molecular flexibility index (Phi) is 5.15. The fraction of sp³-hybridized carbons (Fsp3) is 0.538. The SMILES string of the molecule is O=C(Nc1cnc2cnn(C3CC(F)(F)C3)c2n1)c1ccc(S(=O)(=O)C2CC2)cc1N1CCC2(CC1)CC2. The number of rotatable bonds is 6. The first-order valence-corrected chi connectivity index (χ1v) is 14.7. The molecular weight excluding hydrogens is 514 g/mol. The number of benzene rings is 1. The largest absolute Gasteiger partial charge is 0.371 e. The zero-order chi connectivity index (χ0) is 26.3. The molecule has 0 bridgehead atoms. The fourth-order valence-electron chi connectivity index (χ4n) is 5.75. The molecule has 0 atom stereocenters. The van der Waals surface area contributed by atoms with E-state index in [-0.39, 0.29) is 28.8 Å². The fourth-order valence-corrected chi connectivity index (χ4v) is 7.42. The van der Waals surface area contributed by atoms with Crippen molar-refractivity contribution in [1.29, 1.82) is 0 Å². The third kappa shape index (κ3) is 4.13. The van der Waals surface area contributed by atoms with E-state index in [1.807, 2.05) is 0 Å². The maximum atomic E-state index is 13.5. The molecule has 1 amide bonds. The summed E-state index contributed by atoms with van der Waals surface area (Å²) in [4.78, 5) is 24.6. The number of amides is 1. The van der Waals surface area contributed by atoms with Crippen LogP contribution in [0.2, 0.25) is 0 Å². The predicted octanol–water partition coefficient (Wildman–Crippen LogP) is 4.37. The third-order valence-corrected chi connectivity index (χ3v) is 10.8. The molecule has 3 heterocycles. The molecular formula is C26H28F2N6O3S. The minimum absolute atomic E-state index is 0.173. The summed E-state index contributed by atoms with van der Waals surface area (Å²) in [5.74, 6) is -2.96. The molecule has 200 valence electrons. The van der Waals surface area contributed by atoms with Gasteiger partial charge in [0.2, 0.25) is 0 Å². The number of sulfone groups is 1. The van der Waals surface area contributed by atoms with Gasteiger partial charge in [-0.25, -0.2) is 31.8 Å². The third-order valence-electron chi connectivity index (χ3n) is 8.59. The maximum absolute atomic E-state index is 13.5. The van der Waals surface area contributed by atoms with Crippen LogP contribution in [-0.2, 0) is 9.84 Å². The van der Waals surface area contributed by atoms with Gasteiger partial charge in [0.05, 0.1) is 39.8 Å². The lowest BCUT2D eigenvalue weighted by atomic mass is 9.88. The van der Waals surface area contributed by atoms with E-state index in [2.05, 4.69) is 25.3 Å². The second kappa shape index (κ2) is 8.17. The number of anilines is 2. The van der Waals surface area contributed by atoms with Crippen LogP contribution in [0.4, 0.5) is 20.3 Å². The van der Waals surface area contributed by atoms with E-state index >= 15 is 0 Å². The number of fused-ring (bicyclic) bond motifs is 1. The molecule has 0 radical (unpaired) electrons. The Morgan fingerprint density at radius 1 is 1.05 bits per heavy atom. The molecule has 1 N–H and O–H groups in total. The molecule has 38 heavy (non-hydrogen) atoms. The second-order valence-electron chi connectivity index (χ2n) is 11.3. The average molecular weight is 543 g/mol. The van der Waals surface area contributed by atoms with Crippen molar-refractivity contribution in [2.75, 3.05) is 23.3 Å². The topological polar surface area (TPSA) is 110 Å². The molecule has 12 heteroatoms. The van der Waals surface area contributed by atoms with E-state index in [0.29, 0.717) is 40.7 Å². The van der Waals surface area contributed by atoms with Crippen molar-refractivity contribution in [2.24, 2.45) is 5.41 Å². The molecule has 0 unspecified atom stereocenters. The van der Waals surface area contributed by atoms with Crippen LogP contribution in [0.3, 0.4) is 0 Å². The molecule has 4 fully saturated rings. The molecule has 3 saturated carbocycles. The molecule has 3 aromatic rings. The number of halogens is 2. The van der Waals surface area contributed by atoms with E-state index < -0.39 is 27.7 Å². The number of hydrogen-bond donors (Lipinski definition) is 1. The Labute approximate surface area is 218 Å². The van der Waals surface area contributed by atoms with Crippen LogP contribution in [0.1, 0.15) is 67.8 Å². The van der Waals surface area contributed by atoms with Crippen LogP contribution >= 0.6 is 0 Å². The number of piperidine rings is 1. The summed E-state index contributed by atoms with van der Waals surface area (Å²) in [5, 5.41) is 6.63. The van der Waals surface area contributed by atoms with Crippen LogP contribution in [-0.4, -0.2) is 58.3 Å². The molecule has 7 rings (SSSR count). The van der Waals surface area contributed by atoms with Crippen LogP contribution in [0.5, 0.6) is 0 Å². The van der Waals surface area contributed by atoms with Gasteiger partial charge in [0.15, 0.2) is 21.3 Å². The van der Waals surface area contributed by atoms with Gasteiger partial charge in [0.25, 0.3) is 11.8 Å². The summed E-state index contributed by atoms with van der Waals surface area (Å²) in [6.45, 7) is 1.54. The highest BCUT2D eigenvalue weighted by molar-refractivity contribution is 7.92. The van der Waals surface area contributed by atoms with Gasteiger partial charge in [-0.2, -0.15) is 5.10 Å². The first-order valence-electron chi connectivity index (χ1n) is 13.2. The van der Waals surface area contributed by atoms with Crippen molar-refractivity contribution in [3.05, 3.63) is 36.2 Å². The highest BCUT2D eigenvalue weighted by Gasteiger charge is 2.47. The van der Waals surface area contributed by atoms with Gasteiger partial charge in [-0.15, -0.1) is 0 Å². The van der Waals surface area contributed by atoms with E-state index in [4.69, 9.17) is 0 Å². The van der Waals surface area contributed by atoms with Gasteiger partial charge in [-0.05, 0) is 62.1 Å². The first-order chi connectivity index (χ1) is 18.1. The van der Waals surface area contributed by atoms with E-state index in [1.54, 1.807) is 12.1 Å². The first kappa shape index (κ1) is 23.9. The van der Waals surface area contributed by atoms with Gasteiger partial charge in [0.1, 0.15) is 5.52 Å². The van der Waals surface area contributed by atoms with Gasteiger partial charge in [0, 0.05) is 25.9 Å². The van der Waals surface area contributed by atoms with E-state index in [1.165, 1.54) is 36.0 Å². The zero-order valence-electron chi connectivity index (χ0n) is 20.7. The summed E-state index contributed by atoms with van der Waals surface area (Å²) >= 11 is 0. The van der Waals surface area contributed by atoms with Crippen LogP contribution < -0.4 is 10.2 Å². The summed E-state index contributed by atoms with van der Waals surface area (Å²) in [5.41, 5.74) is 2.18. The Morgan fingerprint density at radius 2 is 1.79 bits per heavy atom. The van der Waals surface area contributed by atoms with Crippen molar-refractivity contribution in [2.45, 2.75) is 73.5 Å². The molecule has 1 spiro atoms. The normalized spacial score (nSPS) is 22.4. The van der Waals surface area contributed by atoms with Gasteiger partial charge >= 0.3 is 0 Å². The van der Waals surface area contributed by atoms with Gasteiger partial charge in [-0.1, -0.05) is 0 Å². The maximum Gasteiger partial charge on any atom is 0.258 e. The van der Waals surface area contributed by atoms with E-state index in [9.17, 15) is 22.0 Å². The van der Waals surface area contributed by atoms with Crippen LogP contribution in [0.25, 0.3) is 11.2 Å². The minimum Gasteiger partial charge on any atom is -0.371 e. The zero-order valence-corrected chi connectivity index (χ0v) is 21.6. The number of carbonyl (C=O) groups is 1. The molecule has 9 nitrogen and oxygen atoms in total. The summed E-state index contributed by atoms with van der Waals surface area (Å²) in [6, 6.07) is 4.27. The monoisotopic (exact) mass is 542 g/mol. The number of aromatic nitrogens is 4. The highest BCUT2D eigenvalue weighted by Crippen LogP contribution is 2.54. The molecule has 1 saturated heterocycles. The highest BCUT2D eigenvalue weighted by atomic mass is 32.2. The molecule has 1 aromatic carbocycles. The lowest BCUT2D eigenvalue weighted by Gasteiger charge is -2.35. The van der Waals surface area contributed by atoms with Crippen LogP contribution in [0, 0.1) is 5.41 Å². The van der Waals surface area contributed by atoms with E-state index in [0.717, 1.165) is 25.9 Å². The summed E-state index contributed by atoms with van der Waals surface area (Å²) in [7, 11) is -3.42. The standard InChI is InChI=1S/C26H28F2N6O3S/c27-26(28)12-16(13-26)34-23-20(14-30-34)29-15-22(31-23)32-24(35)19-4-3-18(38(36,37)17-1-2-17)11-21(19)33-9-7-25(5-6-25)8-10-33/h3-4,11,14-17H,1-2,5-10,12-13H2,(H,31,32,35). The van der Waals surface area contributed by atoms with Crippen molar-refractivity contribution in [1.82, 2.24) is 19.7 Å². The Morgan fingerprint density at radius 3 is 2.45 bits per heavy atom. The quantitative estimate of drug-likeness (QED) is 0.493. The van der Waals surface area contributed by atoms with Gasteiger partial charge < -0.3 is 10.2 Å². The second-order valence-corrected chi connectivity index (χ2v) is 13.6. The van der Waals surface area contributed by atoms with Crippen molar-refractivity contribution in [3.63, 3.8) is 0 Å². The number of nitrogens with zero attached hydrogens (tertiary/aromatic N) is 5. The van der Waals surface area contributed by atoms with Crippen LogP contribution in [0.15, 0.2) is 35.5 Å². The van der Waals surface area contributed by atoms with Crippen molar-refractivity contribution >= 4 is 38.4 Å². The summed E-state index contributed by atoms with van der Waals surface area (Å²) < 4.78 is 54.3. The van der Waals surface area contributed by atoms with Crippen molar-refractivity contribution in [3.8, 4) is 0 Å². The lowest BCUT2D eigenvalue weighted by Crippen LogP contribution is -2.37. The minimum atomic E-state index is -3.42. The number of hydrogen-bond acceptors (Lipinski definition) is 7. The molecule has 2 aromatic heterocycles. The smallest absolute Gasteiger partial charge is 0.258 e. The number of alkyl halides is 2. The number of nitrogens with one attached hydrogen (secondary N) is 1. The number of carbonyl (C=O) groups excluding carboxylic acids is 1. The average Bonchev–Trinajstić information content (AvgIpc) is 3.81. The lowest BCUT2D eigenvalue weighted by molar-refractivity contribution is -0.106. The Balaban J connectivity index is 1.18. The Bertz CT molecular complexity index is 1550. The predicted molar refractivity (Wildman–Crippen MR) is 136 cm³/mol. The van der Waals surface area contributed by atoms with Crippen molar-refractivity contribution < 1.29 is 22.0 Å². The van der Waals surface area contributed by atoms with Gasteiger partial charge in [-0.3, -0.25) is 4.79 Å². The molecule has 1 aliphatic heterocycles.